The van der Waals surface area contributed by atoms with Crippen LogP contribution in [-0.4, -0.2) is 55.1 Å². The largest absolute Gasteiger partial charge is 0.336 e. The maximum atomic E-state index is 12.3. The van der Waals surface area contributed by atoms with Gasteiger partial charge in [-0.15, -0.1) is 0 Å². The Labute approximate surface area is 120 Å². The molecule has 2 heterocycles. The van der Waals surface area contributed by atoms with Crippen LogP contribution >= 0.6 is 0 Å². The van der Waals surface area contributed by atoms with Gasteiger partial charge < -0.3 is 5.32 Å². The lowest BCUT2D eigenvalue weighted by Gasteiger charge is -2.18. The number of carbonyl (C=O) groups is 3. The summed E-state index contributed by atoms with van der Waals surface area (Å²) in [6, 6.07) is 5.17. The molecular formula is C12H11N3O5S. The van der Waals surface area contributed by atoms with Gasteiger partial charge >= 0.3 is 6.03 Å². The van der Waals surface area contributed by atoms with Gasteiger partial charge in [-0.05, 0) is 12.1 Å². The van der Waals surface area contributed by atoms with Crippen LogP contribution < -0.4 is 5.32 Å². The van der Waals surface area contributed by atoms with Crippen molar-refractivity contribution in [1.29, 1.82) is 0 Å². The molecule has 1 fully saturated rings. The molecular weight excluding hydrogens is 298 g/mol. The van der Waals surface area contributed by atoms with Crippen LogP contribution in [0.1, 0.15) is 10.4 Å². The first-order valence-corrected chi connectivity index (χ1v) is 7.61. The summed E-state index contributed by atoms with van der Waals surface area (Å²) in [4.78, 5) is 36.3. The summed E-state index contributed by atoms with van der Waals surface area (Å²) in [5, 5.41) is 2.44. The Hall–Kier alpha value is -2.42. The van der Waals surface area contributed by atoms with Gasteiger partial charge in [0.05, 0.1) is 5.56 Å². The number of fused-ring (bicyclic) bond motifs is 1. The molecule has 0 aliphatic carbocycles. The first kappa shape index (κ1) is 13.6. The Morgan fingerprint density at radius 3 is 2.57 bits per heavy atom. The van der Waals surface area contributed by atoms with Crippen LogP contribution in [0.15, 0.2) is 29.2 Å². The smallest absolute Gasteiger partial charge is 0.324 e. The zero-order valence-corrected chi connectivity index (χ0v) is 11.6. The van der Waals surface area contributed by atoms with Gasteiger partial charge in [0.15, 0.2) is 0 Å². The molecule has 1 N–H and O–H groups in total. The summed E-state index contributed by atoms with van der Waals surface area (Å²) in [6.45, 7) is -0.207. The van der Waals surface area contributed by atoms with Crippen LogP contribution in [0.25, 0.3) is 0 Å². The second kappa shape index (κ2) is 4.55. The zero-order valence-electron chi connectivity index (χ0n) is 10.8. The van der Waals surface area contributed by atoms with Gasteiger partial charge in [0.2, 0.25) is 0 Å². The van der Waals surface area contributed by atoms with Crippen molar-refractivity contribution in [1.82, 2.24) is 14.5 Å². The quantitative estimate of drug-likeness (QED) is 0.784. The van der Waals surface area contributed by atoms with Crippen molar-refractivity contribution >= 4 is 27.9 Å². The SMILES string of the molecule is O=C(CN1C(=O)c2ccccc2S1(=O)=O)N1CCNC1=O. The lowest BCUT2D eigenvalue weighted by atomic mass is 10.2. The minimum Gasteiger partial charge on any atom is -0.336 e. The van der Waals surface area contributed by atoms with E-state index in [9.17, 15) is 22.8 Å². The molecule has 0 saturated carbocycles. The monoisotopic (exact) mass is 309 g/mol. The lowest BCUT2D eigenvalue weighted by molar-refractivity contribution is -0.127. The molecule has 0 bridgehead atoms. The third-order valence-corrected chi connectivity index (χ3v) is 5.14. The van der Waals surface area contributed by atoms with E-state index >= 15 is 0 Å². The molecule has 1 aromatic rings. The average Bonchev–Trinajstić information content (AvgIpc) is 2.96. The standard InChI is InChI=1S/C12H11N3O5S/c16-10(14-6-5-13-12(14)18)7-15-11(17)8-3-1-2-4-9(8)21(15,19)20/h1-4H,5-7H2,(H,13,18). The van der Waals surface area contributed by atoms with Crippen LogP contribution in [-0.2, 0) is 14.8 Å². The summed E-state index contributed by atoms with van der Waals surface area (Å²) in [5.74, 6) is -1.48. The van der Waals surface area contributed by atoms with Crippen LogP contribution in [0, 0.1) is 0 Å². The highest BCUT2D eigenvalue weighted by Gasteiger charge is 2.43. The van der Waals surface area contributed by atoms with E-state index in [1.807, 2.05) is 0 Å². The fourth-order valence-electron chi connectivity index (χ4n) is 2.31. The second-order valence-corrected chi connectivity index (χ2v) is 6.42. The zero-order chi connectivity index (χ0) is 15.2. The van der Waals surface area contributed by atoms with Gasteiger partial charge in [0, 0.05) is 13.1 Å². The van der Waals surface area contributed by atoms with Crippen molar-refractivity contribution in [3.63, 3.8) is 0 Å². The third-order valence-electron chi connectivity index (χ3n) is 3.35. The first-order chi connectivity index (χ1) is 9.93. The normalized spacial score (nSPS) is 19.6. The molecule has 21 heavy (non-hydrogen) atoms. The fourth-order valence-corrected chi connectivity index (χ4v) is 3.82. The maximum absolute atomic E-state index is 12.3. The molecule has 1 aromatic carbocycles. The summed E-state index contributed by atoms with van der Waals surface area (Å²) in [6.07, 6.45) is 0. The summed E-state index contributed by atoms with van der Waals surface area (Å²) < 4.78 is 25.0. The third kappa shape index (κ3) is 1.97. The van der Waals surface area contributed by atoms with Crippen molar-refractivity contribution in [2.75, 3.05) is 19.6 Å². The number of imide groups is 1. The van der Waals surface area contributed by atoms with E-state index in [0.717, 1.165) is 4.90 Å². The molecule has 4 amide bonds. The molecule has 0 atom stereocenters. The molecule has 9 heteroatoms. The molecule has 0 spiro atoms. The Balaban J connectivity index is 1.89. The van der Waals surface area contributed by atoms with Gasteiger partial charge in [0.1, 0.15) is 11.4 Å². The number of rotatable bonds is 2. The molecule has 110 valence electrons. The summed E-state index contributed by atoms with van der Waals surface area (Å²) in [7, 11) is -4.03. The number of carbonyl (C=O) groups excluding carboxylic acids is 3. The minimum absolute atomic E-state index is 0.0381. The highest BCUT2D eigenvalue weighted by molar-refractivity contribution is 7.90. The summed E-state index contributed by atoms with van der Waals surface area (Å²) in [5.41, 5.74) is 0.0381. The van der Waals surface area contributed by atoms with Crippen LogP contribution in [0.3, 0.4) is 0 Å². The van der Waals surface area contributed by atoms with Gasteiger partial charge in [-0.2, -0.15) is 0 Å². The number of nitrogens with one attached hydrogen (secondary N) is 1. The van der Waals surface area contributed by atoms with Crippen molar-refractivity contribution in [2.24, 2.45) is 0 Å². The van der Waals surface area contributed by atoms with Crippen LogP contribution in [0.4, 0.5) is 4.79 Å². The van der Waals surface area contributed by atoms with Gasteiger partial charge in [-0.3, -0.25) is 14.5 Å². The number of urea groups is 1. The molecule has 3 rings (SSSR count). The predicted molar refractivity (Wildman–Crippen MR) is 69.8 cm³/mol. The molecule has 0 radical (unpaired) electrons. The van der Waals surface area contributed by atoms with Crippen molar-refractivity contribution in [3.8, 4) is 0 Å². The Bertz CT molecular complexity index is 758. The number of amides is 4. The van der Waals surface area contributed by atoms with E-state index in [2.05, 4.69) is 5.32 Å². The van der Waals surface area contributed by atoms with Crippen molar-refractivity contribution in [3.05, 3.63) is 29.8 Å². The maximum Gasteiger partial charge on any atom is 0.324 e. The molecule has 2 aliphatic heterocycles. The van der Waals surface area contributed by atoms with Gasteiger partial charge in [0.25, 0.3) is 21.8 Å². The van der Waals surface area contributed by atoms with Crippen molar-refractivity contribution < 1.29 is 22.8 Å². The van der Waals surface area contributed by atoms with Crippen LogP contribution in [0.2, 0.25) is 0 Å². The molecule has 1 saturated heterocycles. The molecule has 0 aromatic heterocycles. The Morgan fingerprint density at radius 1 is 1.24 bits per heavy atom. The summed E-state index contributed by atoms with van der Waals surface area (Å²) >= 11 is 0. The molecule has 2 aliphatic rings. The number of hydrogen-bond acceptors (Lipinski definition) is 5. The van der Waals surface area contributed by atoms with E-state index in [1.54, 1.807) is 6.07 Å². The topological polar surface area (TPSA) is 104 Å². The van der Waals surface area contributed by atoms with Gasteiger partial charge in [-0.25, -0.2) is 17.5 Å². The minimum atomic E-state index is -4.03. The molecule has 0 unspecified atom stereocenters. The number of benzene rings is 1. The lowest BCUT2D eigenvalue weighted by Crippen LogP contribution is -2.43. The highest BCUT2D eigenvalue weighted by atomic mass is 32.2. The van der Waals surface area contributed by atoms with Crippen LogP contribution in [0.5, 0.6) is 0 Å². The number of nitrogens with zero attached hydrogens (tertiary/aromatic N) is 2. The van der Waals surface area contributed by atoms with E-state index in [0.29, 0.717) is 10.8 Å². The predicted octanol–water partition coefficient (Wildman–Crippen LogP) is -0.617. The van der Waals surface area contributed by atoms with E-state index < -0.39 is 34.4 Å². The van der Waals surface area contributed by atoms with E-state index in [-0.39, 0.29) is 17.0 Å². The molecule has 8 nitrogen and oxygen atoms in total. The Kier molecular flexibility index (Phi) is 2.94. The van der Waals surface area contributed by atoms with Gasteiger partial charge in [-0.1, -0.05) is 12.1 Å². The van der Waals surface area contributed by atoms with Crippen molar-refractivity contribution in [2.45, 2.75) is 4.90 Å². The van der Waals surface area contributed by atoms with E-state index in [1.165, 1.54) is 18.2 Å². The number of sulfonamides is 1. The average molecular weight is 309 g/mol. The Morgan fingerprint density at radius 2 is 1.95 bits per heavy atom. The van der Waals surface area contributed by atoms with E-state index in [4.69, 9.17) is 0 Å². The fraction of sp³-hybridized carbons (Fsp3) is 0.250. The number of hydrogen-bond donors (Lipinski definition) is 1. The highest BCUT2D eigenvalue weighted by Crippen LogP contribution is 2.29. The second-order valence-electron chi connectivity index (χ2n) is 4.59. The first-order valence-electron chi connectivity index (χ1n) is 6.17.